The Morgan fingerprint density at radius 1 is 1.16 bits per heavy atom. The van der Waals surface area contributed by atoms with E-state index < -0.39 is 0 Å². The van der Waals surface area contributed by atoms with Crippen LogP contribution in [0.2, 0.25) is 0 Å². The maximum absolute atomic E-state index is 3.56. The van der Waals surface area contributed by atoms with E-state index in [9.17, 15) is 0 Å². The Morgan fingerprint density at radius 3 is 2.58 bits per heavy atom. The zero-order chi connectivity index (χ0) is 13.7. The molecule has 1 N–H and O–H groups in total. The second-order valence-electron chi connectivity index (χ2n) is 4.38. The van der Waals surface area contributed by atoms with E-state index in [0.717, 1.165) is 11.0 Å². The van der Waals surface area contributed by atoms with Crippen molar-refractivity contribution in [1.82, 2.24) is 5.32 Å². The first-order chi connectivity index (χ1) is 9.20. The lowest BCUT2D eigenvalue weighted by Crippen LogP contribution is -2.18. The van der Waals surface area contributed by atoms with Gasteiger partial charge in [0.15, 0.2) is 0 Å². The molecule has 2 rings (SSSR count). The van der Waals surface area contributed by atoms with Gasteiger partial charge in [-0.1, -0.05) is 52.8 Å². The molecule has 0 aliphatic rings. The predicted octanol–water partition coefficient (Wildman–Crippen LogP) is 5.27. The van der Waals surface area contributed by atoms with Gasteiger partial charge in [0.05, 0.1) is 0 Å². The van der Waals surface area contributed by atoms with Crippen LogP contribution in [0, 0.1) is 0 Å². The highest BCUT2D eigenvalue weighted by atomic mass is 79.9. The molecule has 0 saturated heterocycles. The van der Waals surface area contributed by atoms with Crippen molar-refractivity contribution < 1.29 is 0 Å². The summed E-state index contributed by atoms with van der Waals surface area (Å²) in [4.78, 5) is 2.58. The number of halogens is 1. The van der Waals surface area contributed by atoms with Gasteiger partial charge in [0.25, 0.3) is 0 Å². The van der Waals surface area contributed by atoms with Crippen molar-refractivity contribution in [1.29, 1.82) is 0 Å². The summed E-state index contributed by atoms with van der Waals surface area (Å²) in [6, 6.07) is 17.4. The highest BCUT2D eigenvalue weighted by molar-refractivity contribution is 9.10. The van der Waals surface area contributed by atoms with Gasteiger partial charge in [0, 0.05) is 20.3 Å². The summed E-state index contributed by atoms with van der Waals surface area (Å²) in [5.41, 5.74) is 1.34. The van der Waals surface area contributed by atoms with Gasteiger partial charge in [-0.05, 0) is 49.4 Å². The van der Waals surface area contributed by atoms with Crippen LogP contribution in [-0.4, -0.2) is 6.54 Å². The summed E-state index contributed by atoms with van der Waals surface area (Å²) in [7, 11) is 0. The SMILES string of the molecule is CCNC(C)c1cc(Br)ccc1Sc1ccccc1. The minimum atomic E-state index is 0.355. The highest BCUT2D eigenvalue weighted by Gasteiger charge is 2.11. The molecule has 1 unspecified atom stereocenters. The van der Waals surface area contributed by atoms with E-state index in [4.69, 9.17) is 0 Å². The summed E-state index contributed by atoms with van der Waals surface area (Å²) >= 11 is 5.38. The lowest BCUT2D eigenvalue weighted by molar-refractivity contribution is 0.589. The van der Waals surface area contributed by atoms with Crippen molar-refractivity contribution in [3.8, 4) is 0 Å². The van der Waals surface area contributed by atoms with Gasteiger partial charge in [-0.25, -0.2) is 0 Å². The average Bonchev–Trinajstić information content (AvgIpc) is 2.42. The third kappa shape index (κ3) is 4.10. The lowest BCUT2D eigenvalue weighted by Gasteiger charge is -2.17. The first kappa shape index (κ1) is 14.6. The summed E-state index contributed by atoms with van der Waals surface area (Å²) < 4.78 is 1.13. The monoisotopic (exact) mass is 335 g/mol. The zero-order valence-electron chi connectivity index (χ0n) is 11.2. The van der Waals surface area contributed by atoms with Gasteiger partial charge in [-0.3, -0.25) is 0 Å². The predicted molar refractivity (Wildman–Crippen MR) is 86.8 cm³/mol. The van der Waals surface area contributed by atoms with Crippen molar-refractivity contribution in [2.24, 2.45) is 0 Å². The molecular weight excluding hydrogens is 318 g/mol. The molecule has 0 radical (unpaired) electrons. The molecule has 0 heterocycles. The number of rotatable bonds is 5. The number of nitrogens with one attached hydrogen (secondary N) is 1. The molecule has 0 saturated carbocycles. The Kier molecular flexibility index (Phi) is 5.49. The fourth-order valence-electron chi connectivity index (χ4n) is 1.98. The molecule has 2 aromatic rings. The lowest BCUT2D eigenvalue weighted by atomic mass is 10.1. The molecule has 1 nitrogen and oxygen atoms in total. The van der Waals surface area contributed by atoms with E-state index in [2.05, 4.69) is 77.6 Å². The average molecular weight is 336 g/mol. The van der Waals surface area contributed by atoms with E-state index in [-0.39, 0.29) is 0 Å². The minimum Gasteiger partial charge on any atom is -0.310 e. The Balaban J connectivity index is 2.29. The number of benzene rings is 2. The molecular formula is C16H18BrNS. The first-order valence-corrected chi connectivity index (χ1v) is 8.07. The molecule has 0 bridgehead atoms. The normalized spacial score (nSPS) is 12.4. The van der Waals surface area contributed by atoms with E-state index in [1.54, 1.807) is 0 Å². The standard InChI is InChI=1S/C16H18BrNS/c1-3-18-12(2)15-11-13(17)9-10-16(15)19-14-7-5-4-6-8-14/h4-12,18H,3H2,1-2H3. The van der Waals surface area contributed by atoms with Crippen LogP contribution in [0.25, 0.3) is 0 Å². The molecule has 0 amide bonds. The summed E-state index contributed by atoms with van der Waals surface area (Å²) in [6.07, 6.45) is 0. The molecule has 3 heteroatoms. The van der Waals surface area contributed by atoms with Crippen LogP contribution >= 0.6 is 27.7 Å². The summed E-state index contributed by atoms with van der Waals surface area (Å²) in [5, 5.41) is 3.48. The maximum atomic E-state index is 3.56. The molecule has 19 heavy (non-hydrogen) atoms. The Labute approximate surface area is 127 Å². The van der Waals surface area contributed by atoms with Crippen LogP contribution in [0.3, 0.4) is 0 Å². The third-order valence-corrected chi connectivity index (χ3v) is 4.51. The van der Waals surface area contributed by atoms with Gasteiger partial charge in [0.2, 0.25) is 0 Å². The van der Waals surface area contributed by atoms with Crippen molar-refractivity contribution in [3.05, 3.63) is 58.6 Å². The van der Waals surface area contributed by atoms with E-state index in [1.807, 2.05) is 17.8 Å². The van der Waals surface area contributed by atoms with Gasteiger partial charge in [-0.15, -0.1) is 0 Å². The topological polar surface area (TPSA) is 12.0 Å². The number of hydrogen-bond acceptors (Lipinski definition) is 2. The van der Waals surface area contributed by atoms with Crippen LogP contribution in [0.4, 0.5) is 0 Å². The summed E-state index contributed by atoms with van der Waals surface area (Å²) in [5.74, 6) is 0. The van der Waals surface area contributed by atoms with Crippen molar-refractivity contribution in [2.45, 2.75) is 29.7 Å². The van der Waals surface area contributed by atoms with Crippen LogP contribution in [0.15, 0.2) is 62.8 Å². The molecule has 0 fully saturated rings. The van der Waals surface area contributed by atoms with Gasteiger partial charge in [0.1, 0.15) is 0 Å². The Bertz CT molecular complexity index is 528. The van der Waals surface area contributed by atoms with Crippen LogP contribution < -0.4 is 5.32 Å². The smallest absolute Gasteiger partial charge is 0.0303 e. The fraction of sp³-hybridized carbons (Fsp3) is 0.250. The van der Waals surface area contributed by atoms with Gasteiger partial charge >= 0.3 is 0 Å². The number of hydrogen-bond donors (Lipinski definition) is 1. The van der Waals surface area contributed by atoms with Crippen molar-refractivity contribution in [3.63, 3.8) is 0 Å². The van der Waals surface area contributed by atoms with Gasteiger partial charge < -0.3 is 5.32 Å². The van der Waals surface area contributed by atoms with Crippen molar-refractivity contribution in [2.75, 3.05) is 6.54 Å². The molecule has 1 atom stereocenters. The van der Waals surface area contributed by atoms with E-state index >= 15 is 0 Å². The maximum Gasteiger partial charge on any atom is 0.0303 e. The largest absolute Gasteiger partial charge is 0.310 e. The van der Waals surface area contributed by atoms with Crippen LogP contribution in [-0.2, 0) is 0 Å². The first-order valence-electron chi connectivity index (χ1n) is 6.46. The Hall–Kier alpha value is -0.770. The highest BCUT2D eigenvalue weighted by Crippen LogP contribution is 2.34. The molecule has 100 valence electrons. The molecule has 0 aliphatic heterocycles. The quantitative estimate of drug-likeness (QED) is 0.798. The molecule has 0 spiro atoms. The minimum absolute atomic E-state index is 0.355. The molecule has 0 aromatic heterocycles. The summed E-state index contributed by atoms with van der Waals surface area (Å²) in [6.45, 7) is 5.32. The zero-order valence-corrected chi connectivity index (χ0v) is 13.6. The third-order valence-electron chi connectivity index (χ3n) is 2.92. The second kappa shape index (κ2) is 7.13. The molecule has 0 aliphatic carbocycles. The molecule has 2 aromatic carbocycles. The van der Waals surface area contributed by atoms with Crippen LogP contribution in [0.5, 0.6) is 0 Å². The van der Waals surface area contributed by atoms with Crippen LogP contribution in [0.1, 0.15) is 25.5 Å². The fourth-order valence-corrected chi connectivity index (χ4v) is 3.40. The second-order valence-corrected chi connectivity index (χ2v) is 6.41. The van der Waals surface area contributed by atoms with E-state index in [1.165, 1.54) is 15.4 Å². The van der Waals surface area contributed by atoms with Gasteiger partial charge in [-0.2, -0.15) is 0 Å². The van der Waals surface area contributed by atoms with E-state index in [0.29, 0.717) is 6.04 Å². The van der Waals surface area contributed by atoms with Crippen molar-refractivity contribution >= 4 is 27.7 Å². The Morgan fingerprint density at radius 2 is 1.89 bits per heavy atom.